The highest BCUT2D eigenvalue weighted by atomic mass is 35.5. The Morgan fingerprint density at radius 1 is 1.12 bits per heavy atom. The zero-order chi connectivity index (χ0) is 24.0. The van der Waals surface area contributed by atoms with Gasteiger partial charge >= 0.3 is 0 Å². The molecule has 2 aliphatic rings. The number of aromatic amines is 1. The van der Waals surface area contributed by atoms with Gasteiger partial charge in [0.05, 0.1) is 5.02 Å². The summed E-state index contributed by atoms with van der Waals surface area (Å²) in [5.41, 5.74) is 5.43. The second-order valence-electron chi connectivity index (χ2n) is 9.88. The van der Waals surface area contributed by atoms with E-state index in [9.17, 15) is 4.79 Å². The third-order valence-electron chi connectivity index (χ3n) is 7.27. The number of carbonyl (C=O) groups excluding carboxylic acids is 1. The normalized spacial score (nSPS) is 21.0. The molecular formula is C27H32ClN5O. The van der Waals surface area contributed by atoms with Crippen molar-refractivity contribution in [3.63, 3.8) is 0 Å². The number of nitrogens with one attached hydrogen (secondary N) is 2. The standard InChI is InChI=1S/C27H32ClN5O/c1-16-11-21(33-14-17(2)32(4)18(3)15-33)8-9-22(16)27(34)30-20-7-10-24(28)23(12-20)26-29-13-25(31-26)19-5-6-19/h7-13,17-19H,5-6,14-15H2,1-4H3,(H,29,31)(H,30,34)/t17-,18+. The van der Waals surface area contributed by atoms with Crippen LogP contribution in [0.4, 0.5) is 11.4 Å². The van der Waals surface area contributed by atoms with E-state index in [-0.39, 0.29) is 5.91 Å². The number of hydrogen-bond acceptors (Lipinski definition) is 4. The van der Waals surface area contributed by atoms with Crippen LogP contribution in [-0.2, 0) is 0 Å². The highest BCUT2D eigenvalue weighted by molar-refractivity contribution is 6.33. The van der Waals surface area contributed by atoms with E-state index in [0.29, 0.717) is 34.3 Å². The number of halogens is 1. The van der Waals surface area contributed by atoms with Crippen LogP contribution in [0.2, 0.25) is 5.02 Å². The van der Waals surface area contributed by atoms with Gasteiger partial charge in [0.1, 0.15) is 5.82 Å². The van der Waals surface area contributed by atoms with Gasteiger partial charge in [0.15, 0.2) is 0 Å². The fourth-order valence-electron chi connectivity index (χ4n) is 4.77. The minimum absolute atomic E-state index is 0.129. The first-order chi connectivity index (χ1) is 16.3. The molecule has 1 aliphatic heterocycles. The number of piperazine rings is 1. The summed E-state index contributed by atoms with van der Waals surface area (Å²) in [6.45, 7) is 8.47. The Labute approximate surface area is 206 Å². The number of hydrogen-bond donors (Lipinski definition) is 2. The maximum Gasteiger partial charge on any atom is 0.255 e. The summed E-state index contributed by atoms with van der Waals surface area (Å²) in [5, 5.41) is 3.64. The van der Waals surface area contributed by atoms with E-state index in [4.69, 9.17) is 11.6 Å². The SMILES string of the molecule is Cc1cc(N2C[C@@H](C)N(C)[C@@H](C)C2)ccc1C(=O)Nc1ccc(Cl)c(-c2ncc(C3CC3)[nH]2)c1. The Morgan fingerprint density at radius 3 is 2.53 bits per heavy atom. The molecule has 5 rings (SSSR count). The Bertz CT molecular complexity index is 1210. The highest BCUT2D eigenvalue weighted by Gasteiger charge is 2.27. The number of amides is 1. The maximum atomic E-state index is 13.1. The van der Waals surface area contributed by atoms with Gasteiger partial charge < -0.3 is 15.2 Å². The van der Waals surface area contributed by atoms with E-state index in [1.54, 1.807) is 6.07 Å². The number of benzene rings is 2. The first-order valence-electron chi connectivity index (χ1n) is 12.0. The molecule has 1 saturated heterocycles. The summed E-state index contributed by atoms with van der Waals surface area (Å²) in [5.74, 6) is 1.20. The first kappa shape index (κ1) is 22.9. The van der Waals surface area contributed by atoms with Crippen LogP contribution in [0.5, 0.6) is 0 Å². The van der Waals surface area contributed by atoms with Crippen molar-refractivity contribution in [3.8, 4) is 11.4 Å². The molecule has 0 spiro atoms. The van der Waals surface area contributed by atoms with Crippen LogP contribution in [0.1, 0.15) is 54.2 Å². The van der Waals surface area contributed by atoms with Gasteiger partial charge in [-0.1, -0.05) is 11.6 Å². The van der Waals surface area contributed by atoms with E-state index in [1.165, 1.54) is 18.5 Å². The molecule has 0 radical (unpaired) electrons. The molecule has 2 fully saturated rings. The second kappa shape index (κ2) is 9.08. The van der Waals surface area contributed by atoms with Crippen molar-refractivity contribution in [2.24, 2.45) is 0 Å². The lowest BCUT2D eigenvalue weighted by Gasteiger charge is -2.43. The molecule has 1 aromatic heterocycles. The average Bonchev–Trinajstić information content (AvgIpc) is 3.55. The number of likely N-dealkylation sites (N-methyl/N-ethyl adjacent to an activating group) is 1. The zero-order valence-corrected chi connectivity index (χ0v) is 21.0. The van der Waals surface area contributed by atoms with Gasteiger partial charge in [-0.25, -0.2) is 4.98 Å². The lowest BCUT2D eigenvalue weighted by molar-refractivity contribution is 0.102. The number of aryl methyl sites for hydroxylation is 1. The topological polar surface area (TPSA) is 64.3 Å². The number of imidazole rings is 1. The number of anilines is 2. The average molecular weight is 478 g/mol. The van der Waals surface area contributed by atoms with E-state index in [0.717, 1.165) is 35.7 Å². The molecule has 7 heteroatoms. The van der Waals surface area contributed by atoms with Crippen LogP contribution in [0.3, 0.4) is 0 Å². The van der Waals surface area contributed by atoms with Gasteiger partial charge in [-0.15, -0.1) is 0 Å². The summed E-state index contributed by atoms with van der Waals surface area (Å²) in [7, 11) is 2.19. The summed E-state index contributed by atoms with van der Waals surface area (Å²) in [6.07, 6.45) is 4.30. The van der Waals surface area contributed by atoms with E-state index < -0.39 is 0 Å². The Morgan fingerprint density at radius 2 is 1.85 bits per heavy atom. The number of H-pyrrole nitrogens is 1. The Kier molecular flexibility index (Phi) is 6.13. The molecule has 178 valence electrons. The molecule has 0 bridgehead atoms. The van der Waals surface area contributed by atoms with E-state index in [1.807, 2.05) is 31.3 Å². The molecule has 1 saturated carbocycles. The van der Waals surface area contributed by atoms with Crippen molar-refractivity contribution >= 4 is 28.9 Å². The van der Waals surface area contributed by atoms with Gasteiger partial charge in [0, 0.05) is 65.5 Å². The molecule has 1 aliphatic carbocycles. The van der Waals surface area contributed by atoms with Crippen molar-refractivity contribution in [3.05, 3.63) is 64.4 Å². The monoisotopic (exact) mass is 477 g/mol. The largest absolute Gasteiger partial charge is 0.368 e. The van der Waals surface area contributed by atoms with Gasteiger partial charge in [-0.2, -0.15) is 0 Å². The lowest BCUT2D eigenvalue weighted by atomic mass is 10.0. The van der Waals surface area contributed by atoms with Gasteiger partial charge in [-0.3, -0.25) is 9.69 Å². The van der Waals surface area contributed by atoms with E-state index in [2.05, 4.69) is 58.1 Å². The van der Waals surface area contributed by atoms with Crippen molar-refractivity contribution in [1.29, 1.82) is 0 Å². The second-order valence-corrected chi connectivity index (χ2v) is 10.3. The van der Waals surface area contributed by atoms with Gasteiger partial charge in [0.2, 0.25) is 0 Å². The van der Waals surface area contributed by atoms with Crippen molar-refractivity contribution in [2.45, 2.75) is 51.6 Å². The van der Waals surface area contributed by atoms with Crippen LogP contribution >= 0.6 is 11.6 Å². The third kappa shape index (κ3) is 4.57. The Hall–Kier alpha value is -2.83. The number of nitrogens with zero attached hydrogens (tertiary/aromatic N) is 3. The van der Waals surface area contributed by atoms with Crippen molar-refractivity contribution in [1.82, 2.24) is 14.9 Å². The predicted molar refractivity (Wildman–Crippen MR) is 139 cm³/mol. The smallest absolute Gasteiger partial charge is 0.255 e. The molecule has 2 aromatic carbocycles. The minimum atomic E-state index is -0.129. The quantitative estimate of drug-likeness (QED) is 0.495. The molecule has 3 aromatic rings. The molecule has 2 atom stereocenters. The molecule has 6 nitrogen and oxygen atoms in total. The summed E-state index contributed by atoms with van der Waals surface area (Å²) < 4.78 is 0. The molecule has 2 heterocycles. The van der Waals surface area contributed by atoms with E-state index >= 15 is 0 Å². The molecule has 1 amide bonds. The fourth-order valence-corrected chi connectivity index (χ4v) is 4.98. The summed E-state index contributed by atoms with van der Waals surface area (Å²) in [4.78, 5) is 25.8. The molecular weight excluding hydrogens is 446 g/mol. The van der Waals surface area contributed by atoms with Crippen molar-refractivity contribution < 1.29 is 4.79 Å². The zero-order valence-electron chi connectivity index (χ0n) is 20.2. The molecule has 2 N–H and O–H groups in total. The fraction of sp³-hybridized carbons (Fsp3) is 0.407. The van der Waals surface area contributed by atoms with Gasteiger partial charge in [-0.05, 0) is 82.6 Å². The summed E-state index contributed by atoms with van der Waals surface area (Å²) in [6, 6.07) is 12.6. The Balaban J connectivity index is 1.32. The lowest BCUT2D eigenvalue weighted by Crippen LogP contribution is -2.55. The highest BCUT2D eigenvalue weighted by Crippen LogP contribution is 2.40. The molecule has 0 unspecified atom stereocenters. The number of aromatic nitrogens is 2. The third-order valence-corrected chi connectivity index (χ3v) is 7.60. The van der Waals surface area contributed by atoms with Crippen LogP contribution < -0.4 is 10.2 Å². The van der Waals surface area contributed by atoms with Crippen LogP contribution in [0, 0.1) is 6.92 Å². The minimum Gasteiger partial charge on any atom is -0.368 e. The summed E-state index contributed by atoms with van der Waals surface area (Å²) >= 11 is 6.45. The first-order valence-corrected chi connectivity index (χ1v) is 12.4. The van der Waals surface area contributed by atoms with Crippen LogP contribution in [0.15, 0.2) is 42.6 Å². The van der Waals surface area contributed by atoms with Crippen molar-refractivity contribution in [2.75, 3.05) is 30.4 Å². The van der Waals surface area contributed by atoms with Crippen LogP contribution in [-0.4, -0.2) is 53.0 Å². The molecule has 34 heavy (non-hydrogen) atoms. The number of carbonyl (C=O) groups is 1. The maximum absolute atomic E-state index is 13.1. The predicted octanol–water partition coefficient (Wildman–Crippen LogP) is 5.70. The van der Waals surface area contributed by atoms with Gasteiger partial charge in [0.25, 0.3) is 5.91 Å². The van der Waals surface area contributed by atoms with Crippen LogP contribution in [0.25, 0.3) is 11.4 Å². The number of rotatable bonds is 5.